The number of alkyl halides is 3. The number of nitrogens with one attached hydrogen (secondary N) is 2. The Morgan fingerprint density at radius 1 is 0.881 bits per heavy atom. The SMILES string of the molecule is COc1cccc([C@@H](C)NC(=O)c2ccc3nc(NC(=O)c4cccnc4-c4ccc(C(F)(F)F)cc4)ccc3c2)c1. The van der Waals surface area contributed by atoms with Crippen molar-refractivity contribution in [3.8, 4) is 17.0 Å². The van der Waals surface area contributed by atoms with E-state index in [9.17, 15) is 22.8 Å². The van der Waals surface area contributed by atoms with Crippen LogP contribution in [0.15, 0.2) is 97.2 Å². The van der Waals surface area contributed by atoms with Crippen molar-refractivity contribution in [2.45, 2.75) is 19.1 Å². The number of nitrogens with zero attached hydrogens (tertiary/aromatic N) is 2. The first-order valence-electron chi connectivity index (χ1n) is 12.9. The highest BCUT2D eigenvalue weighted by Crippen LogP contribution is 2.31. The lowest BCUT2D eigenvalue weighted by Crippen LogP contribution is -2.26. The highest BCUT2D eigenvalue weighted by atomic mass is 19.4. The summed E-state index contributed by atoms with van der Waals surface area (Å²) in [4.78, 5) is 34.8. The number of hydrogen-bond donors (Lipinski definition) is 2. The van der Waals surface area contributed by atoms with Gasteiger partial charge >= 0.3 is 6.18 Å². The predicted octanol–water partition coefficient (Wildman–Crippen LogP) is 7.07. The fourth-order valence-electron chi connectivity index (χ4n) is 4.43. The summed E-state index contributed by atoms with van der Waals surface area (Å²) < 4.78 is 44.2. The fraction of sp³-hybridized carbons (Fsp3) is 0.125. The minimum Gasteiger partial charge on any atom is -0.497 e. The number of halogens is 3. The van der Waals surface area contributed by atoms with Crippen LogP contribution in [0, 0.1) is 0 Å². The average Bonchev–Trinajstić information content (AvgIpc) is 3.00. The summed E-state index contributed by atoms with van der Waals surface area (Å²) in [7, 11) is 1.59. The van der Waals surface area contributed by atoms with E-state index in [0.717, 1.165) is 17.7 Å². The second-order valence-electron chi connectivity index (χ2n) is 9.50. The third-order valence-electron chi connectivity index (χ3n) is 6.67. The molecule has 0 spiro atoms. The van der Waals surface area contributed by atoms with Crippen LogP contribution in [0.1, 0.15) is 44.8 Å². The molecule has 5 aromatic rings. The lowest BCUT2D eigenvalue weighted by atomic mass is 10.0. The number of fused-ring (bicyclic) bond motifs is 1. The first kappa shape index (κ1) is 28.3. The molecule has 0 saturated carbocycles. The van der Waals surface area contributed by atoms with Gasteiger partial charge in [0.2, 0.25) is 0 Å². The zero-order chi connectivity index (χ0) is 29.9. The van der Waals surface area contributed by atoms with Gasteiger partial charge in [-0.25, -0.2) is 4.98 Å². The van der Waals surface area contributed by atoms with E-state index in [0.29, 0.717) is 27.8 Å². The number of rotatable bonds is 7. The molecule has 2 N–H and O–H groups in total. The molecule has 5 rings (SSSR count). The van der Waals surface area contributed by atoms with Crippen LogP contribution in [0.3, 0.4) is 0 Å². The molecule has 0 aliphatic rings. The van der Waals surface area contributed by atoms with Crippen LogP contribution in [-0.4, -0.2) is 28.9 Å². The van der Waals surface area contributed by atoms with Crippen molar-refractivity contribution < 1.29 is 27.5 Å². The van der Waals surface area contributed by atoms with Gasteiger partial charge in [0, 0.05) is 22.7 Å². The van der Waals surface area contributed by atoms with Crippen molar-refractivity contribution >= 4 is 28.5 Å². The van der Waals surface area contributed by atoms with Crippen LogP contribution in [0.5, 0.6) is 5.75 Å². The maximum absolute atomic E-state index is 13.1. The summed E-state index contributed by atoms with van der Waals surface area (Å²) >= 11 is 0. The zero-order valence-corrected chi connectivity index (χ0v) is 22.6. The van der Waals surface area contributed by atoms with Gasteiger partial charge in [0.15, 0.2) is 0 Å². The molecule has 2 aromatic heterocycles. The Balaban J connectivity index is 1.31. The van der Waals surface area contributed by atoms with Crippen molar-refractivity contribution in [1.29, 1.82) is 0 Å². The number of carbonyl (C=O) groups is 2. The number of amides is 2. The van der Waals surface area contributed by atoms with Gasteiger partial charge < -0.3 is 15.4 Å². The highest BCUT2D eigenvalue weighted by Gasteiger charge is 2.30. The van der Waals surface area contributed by atoms with E-state index in [1.54, 1.807) is 43.5 Å². The molecule has 0 saturated heterocycles. The number of ether oxygens (including phenoxy) is 1. The Morgan fingerprint density at radius 3 is 2.40 bits per heavy atom. The van der Waals surface area contributed by atoms with Crippen LogP contribution in [0.25, 0.3) is 22.2 Å². The van der Waals surface area contributed by atoms with Crippen LogP contribution < -0.4 is 15.4 Å². The van der Waals surface area contributed by atoms with E-state index in [4.69, 9.17) is 4.74 Å². The summed E-state index contributed by atoms with van der Waals surface area (Å²) in [5.41, 5.74) is 1.90. The number of pyridine rings is 2. The van der Waals surface area contributed by atoms with E-state index >= 15 is 0 Å². The third-order valence-corrected chi connectivity index (χ3v) is 6.67. The smallest absolute Gasteiger partial charge is 0.416 e. The van der Waals surface area contributed by atoms with E-state index < -0.39 is 17.6 Å². The third kappa shape index (κ3) is 6.22. The molecule has 0 unspecified atom stereocenters. The Labute approximate surface area is 239 Å². The standard InChI is InChI=1S/C32H25F3N4O3/c1-19(21-5-3-6-25(18-21)42-2)37-30(40)23-10-14-27-22(17-23)11-15-28(38-27)39-31(41)26-7-4-16-36-29(26)20-8-12-24(13-9-20)32(33,34)35/h3-19H,1-2H3,(H,37,40)(H,38,39,41)/t19-/m1/s1. The Morgan fingerprint density at radius 2 is 1.67 bits per heavy atom. The van der Waals surface area contributed by atoms with Gasteiger partial charge in [-0.05, 0) is 79.2 Å². The van der Waals surface area contributed by atoms with Gasteiger partial charge in [-0.2, -0.15) is 13.2 Å². The molecule has 0 radical (unpaired) electrons. The van der Waals surface area contributed by atoms with Gasteiger partial charge in [0.05, 0.1) is 35.5 Å². The van der Waals surface area contributed by atoms with Crippen LogP contribution in [0.2, 0.25) is 0 Å². The number of aromatic nitrogens is 2. The monoisotopic (exact) mass is 570 g/mol. The zero-order valence-electron chi connectivity index (χ0n) is 22.6. The lowest BCUT2D eigenvalue weighted by molar-refractivity contribution is -0.137. The Kier molecular flexibility index (Phi) is 7.88. The van der Waals surface area contributed by atoms with Gasteiger partial charge in [0.25, 0.3) is 11.8 Å². The van der Waals surface area contributed by atoms with E-state index in [1.165, 1.54) is 24.4 Å². The number of carbonyl (C=O) groups excluding carboxylic acids is 2. The second-order valence-corrected chi connectivity index (χ2v) is 9.50. The molecule has 212 valence electrons. The van der Waals surface area contributed by atoms with Gasteiger partial charge in [0.1, 0.15) is 11.6 Å². The molecule has 0 aliphatic carbocycles. The summed E-state index contributed by atoms with van der Waals surface area (Å²) in [6.07, 6.45) is -3.01. The molecule has 7 nitrogen and oxygen atoms in total. The van der Waals surface area contributed by atoms with E-state index in [2.05, 4.69) is 20.6 Å². The number of benzene rings is 3. The summed E-state index contributed by atoms with van der Waals surface area (Å²) in [6.45, 7) is 1.88. The molecule has 42 heavy (non-hydrogen) atoms. The highest BCUT2D eigenvalue weighted by molar-refractivity contribution is 6.08. The number of methoxy groups -OCH3 is 1. The van der Waals surface area contributed by atoms with Gasteiger partial charge in [-0.3, -0.25) is 14.6 Å². The molecule has 0 fully saturated rings. The minimum atomic E-state index is -4.47. The minimum absolute atomic E-state index is 0.177. The molecule has 2 heterocycles. The molecule has 2 amide bonds. The summed E-state index contributed by atoms with van der Waals surface area (Å²) in [5, 5.41) is 6.40. The molecular formula is C32H25F3N4O3. The van der Waals surface area contributed by atoms with E-state index in [1.807, 2.05) is 31.2 Å². The predicted molar refractivity (Wildman–Crippen MR) is 153 cm³/mol. The van der Waals surface area contributed by atoms with Gasteiger partial charge in [-0.15, -0.1) is 0 Å². The average molecular weight is 571 g/mol. The summed E-state index contributed by atoms with van der Waals surface area (Å²) in [5.74, 6) is 0.190. The lowest BCUT2D eigenvalue weighted by Gasteiger charge is -2.15. The largest absolute Gasteiger partial charge is 0.497 e. The molecule has 0 aliphatic heterocycles. The Hall–Kier alpha value is -5.25. The first-order chi connectivity index (χ1) is 20.1. The molecule has 3 aromatic carbocycles. The van der Waals surface area contributed by atoms with Crippen LogP contribution in [0.4, 0.5) is 19.0 Å². The first-order valence-corrected chi connectivity index (χ1v) is 12.9. The fourth-order valence-corrected chi connectivity index (χ4v) is 4.43. The molecular weight excluding hydrogens is 545 g/mol. The molecule has 10 heteroatoms. The van der Waals surface area contributed by atoms with E-state index in [-0.39, 0.29) is 29.0 Å². The van der Waals surface area contributed by atoms with Crippen molar-refractivity contribution in [3.63, 3.8) is 0 Å². The van der Waals surface area contributed by atoms with Crippen molar-refractivity contribution in [1.82, 2.24) is 15.3 Å². The normalized spacial score (nSPS) is 12.0. The van der Waals surface area contributed by atoms with Gasteiger partial charge in [-0.1, -0.05) is 24.3 Å². The molecule has 0 bridgehead atoms. The number of anilines is 1. The van der Waals surface area contributed by atoms with Crippen molar-refractivity contribution in [3.05, 3.63) is 119 Å². The molecule has 1 atom stereocenters. The van der Waals surface area contributed by atoms with Crippen LogP contribution >= 0.6 is 0 Å². The topological polar surface area (TPSA) is 93.2 Å². The van der Waals surface area contributed by atoms with Crippen molar-refractivity contribution in [2.75, 3.05) is 12.4 Å². The quantitative estimate of drug-likeness (QED) is 0.218. The maximum atomic E-state index is 13.1. The Bertz CT molecular complexity index is 1770. The van der Waals surface area contributed by atoms with Crippen molar-refractivity contribution in [2.24, 2.45) is 0 Å². The van der Waals surface area contributed by atoms with Crippen LogP contribution in [-0.2, 0) is 6.18 Å². The maximum Gasteiger partial charge on any atom is 0.416 e. The number of hydrogen-bond acceptors (Lipinski definition) is 5. The summed E-state index contributed by atoms with van der Waals surface area (Å²) in [6, 6.07) is 23.2. The second kappa shape index (κ2) is 11.7.